The maximum Gasteiger partial charge on any atom is 0.243 e. The molecule has 2 aromatic carbocycles. The Morgan fingerprint density at radius 2 is 1.55 bits per heavy atom. The van der Waals surface area contributed by atoms with Gasteiger partial charge in [-0.25, -0.2) is 4.98 Å². The van der Waals surface area contributed by atoms with E-state index < -0.39 is 18.1 Å². The number of nitrogens with one attached hydrogen (secondary N) is 1. The molecule has 5 aliphatic rings. The van der Waals surface area contributed by atoms with Gasteiger partial charge in [-0.3, -0.25) is 14.3 Å². The van der Waals surface area contributed by atoms with E-state index in [0.29, 0.717) is 52.8 Å². The number of phenolic OH excluding ortho intramolecular Hbond substituents is 1. The topological polar surface area (TPSA) is 217 Å². The zero-order valence-corrected chi connectivity index (χ0v) is 47.9. The number of aliphatic hydroxyl groups excluding tert-OH is 1. The van der Waals surface area contributed by atoms with Crippen LogP contribution in [0, 0.1) is 30.6 Å². The molecule has 19 heteroatoms. The molecule has 18 nitrogen and oxygen atoms in total. The number of β-amino-alcohol motifs (C(OH)–C–C–N with tert-alkyl or cyclic N) is 1. The third kappa shape index (κ3) is 12.5. The maximum absolute atomic E-state index is 14.4. The highest BCUT2D eigenvalue weighted by Crippen LogP contribution is 2.39. The number of para-hydroxylation sites is 1. The largest absolute Gasteiger partial charge is 0.507 e. The number of amides is 2. The summed E-state index contributed by atoms with van der Waals surface area (Å²) in [5, 5.41) is 42.0. The highest BCUT2D eigenvalue weighted by molar-refractivity contribution is 7.13. The fourth-order valence-electron chi connectivity index (χ4n) is 13.2. The number of phenols is 1. The molecule has 11 rings (SSSR count). The molecule has 1 aliphatic carbocycles. The van der Waals surface area contributed by atoms with Crippen LogP contribution in [0.15, 0.2) is 83.1 Å². The molecule has 4 aromatic heterocycles. The van der Waals surface area contributed by atoms with Crippen molar-refractivity contribution >= 4 is 34.8 Å². The molecule has 0 radical (unpaired) electrons. The number of aromatic hydroxyl groups is 1. The van der Waals surface area contributed by atoms with Crippen LogP contribution < -0.4 is 16.0 Å². The van der Waals surface area contributed by atoms with Crippen molar-refractivity contribution in [3.8, 4) is 38.6 Å². The Kier molecular flexibility index (Phi) is 17.0. The molecule has 80 heavy (non-hydrogen) atoms. The summed E-state index contributed by atoms with van der Waals surface area (Å²) in [7, 11) is 0. The third-order valence-corrected chi connectivity index (χ3v) is 19.1. The van der Waals surface area contributed by atoms with Gasteiger partial charge in [-0.2, -0.15) is 5.10 Å². The summed E-state index contributed by atoms with van der Waals surface area (Å²) in [6.45, 7) is 18.7. The van der Waals surface area contributed by atoms with Crippen LogP contribution in [-0.2, 0) is 14.3 Å². The standard InChI is InChI=1S/C61H80N12O6S/c1-37(2)57(61(77)72-35-47(74)28-53(72)60(76)65-38(3)43-10-12-45(13-11-43)58-39(4)63-36-80-58)55-30-56(68-79-55)71-24-14-41(15-25-71)32-70-22-18-48(19-23-70)78-49-26-42(27-49)33-69-20-16-44(17-21-69)40(5)73-34-46(31-64-73)51-29-52(66-67-59(51)62)50-8-6-7-9-54(50)75/h6-13,29-31,34,36-38,40-42,44,47-49,53,57,74-75H,14-28,32-33,35H2,1-5H3,(H2,62,67)(H,65,76)/t38-,40?,42-,47+,49-,53-,57+/m0/s1. The molecule has 0 bridgehead atoms. The van der Waals surface area contributed by atoms with Gasteiger partial charge in [0.15, 0.2) is 17.4 Å². The summed E-state index contributed by atoms with van der Waals surface area (Å²) in [5.74, 6) is 2.32. The number of carbonyl (C=O) groups is 2. The monoisotopic (exact) mass is 1110 g/mol. The quantitative estimate of drug-likeness (QED) is 0.0633. The van der Waals surface area contributed by atoms with E-state index in [1.54, 1.807) is 28.4 Å². The minimum Gasteiger partial charge on any atom is -0.507 e. The van der Waals surface area contributed by atoms with Crippen molar-refractivity contribution in [2.45, 2.75) is 135 Å². The van der Waals surface area contributed by atoms with Gasteiger partial charge in [-0.15, -0.1) is 21.5 Å². The highest BCUT2D eigenvalue weighted by Gasteiger charge is 2.44. The number of carbonyl (C=O) groups excluding carboxylic acids is 2. The van der Waals surface area contributed by atoms with E-state index in [4.69, 9.17) is 20.1 Å². The number of hydrogen-bond acceptors (Lipinski definition) is 16. The number of aromatic nitrogens is 6. The average molecular weight is 1110 g/mol. The van der Waals surface area contributed by atoms with E-state index in [-0.39, 0.29) is 48.5 Å². The molecule has 5 atom stereocenters. The molecule has 0 spiro atoms. The van der Waals surface area contributed by atoms with Crippen LogP contribution in [0.4, 0.5) is 11.6 Å². The van der Waals surface area contributed by atoms with E-state index in [0.717, 1.165) is 130 Å². The number of hydrogen-bond donors (Lipinski definition) is 4. The number of piperidine rings is 3. The number of ether oxygens (including phenoxy) is 1. The zero-order chi connectivity index (χ0) is 55.6. The fraction of sp³-hybridized carbons (Fsp3) is 0.557. The normalized spacial score (nSPS) is 23.1. The van der Waals surface area contributed by atoms with Gasteiger partial charge in [0.1, 0.15) is 17.7 Å². The van der Waals surface area contributed by atoms with Crippen LogP contribution in [0.2, 0.25) is 0 Å². The third-order valence-electron chi connectivity index (χ3n) is 18.1. The minimum atomic E-state index is -0.796. The number of anilines is 2. The summed E-state index contributed by atoms with van der Waals surface area (Å²) >= 11 is 1.60. The van der Waals surface area contributed by atoms with E-state index in [1.165, 1.54) is 12.8 Å². The smallest absolute Gasteiger partial charge is 0.243 e. The van der Waals surface area contributed by atoms with Gasteiger partial charge in [0.05, 0.1) is 58.4 Å². The van der Waals surface area contributed by atoms with E-state index in [9.17, 15) is 19.8 Å². The van der Waals surface area contributed by atoms with Crippen LogP contribution in [0.25, 0.3) is 32.8 Å². The molecule has 4 saturated heterocycles. The Morgan fingerprint density at radius 1 is 0.838 bits per heavy atom. The van der Waals surface area contributed by atoms with Gasteiger partial charge in [0.25, 0.3) is 0 Å². The van der Waals surface area contributed by atoms with E-state index >= 15 is 0 Å². The average Bonchev–Trinajstić information content (AvgIpc) is 4.30. The first-order valence-electron chi connectivity index (χ1n) is 29.3. The second kappa shape index (κ2) is 24.5. The van der Waals surface area contributed by atoms with Crippen LogP contribution >= 0.6 is 11.3 Å². The van der Waals surface area contributed by atoms with E-state index in [2.05, 4.69) is 58.2 Å². The SMILES string of the molecule is Cc1ncsc1-c1ccc([C@H](C)NC(=O)[C@@H]2C[C@@H](O)CN2C(=O)[C@@H](c2cc(N3CCC(CN4CCC(O[C@H]5C[C@H](CN6CCC(C(C)n7cc(-c8cc(-c9ccccc9O)nnc8N)cn7)CC6)C5)CC4)CC3)no2)C(C)C)cc1. The fourth-order valence-corrected chi connectivity index (χ4v) is 14.0. The number of nitrogens with zero attached hydrogens (tertiary/aromatic N) is 10. The Hall–Kier alpha value is -6.25. The number of benzene rings is 2. The van der Waals surface area contributed by atoms with Crippen molar-refractivity contribution in [3.05, 3.63) is 95.6 Å². The van der Waals surface area contributed by atoms with Crippen molar-refractivity contribution in [2.75, 3.05) is 69.5 Å². The van der Waals surface area contributed by atoms with Gasteiger partial charge < -0.3 is 50.1 Å². The molecule has 6 aromatic rings. The highest BCUT2D eigenvalue weighted by atomic mass is 32.1. The van der Waals surface area contributed by atoms with Gasteiger partial charge in [0, 0.05) is 81.2 Å². The molecule has 4 aliphatic heterocycles. The van der Waals surface area contributed by atoms with Crippen LogP contribution in [0.1, 0.15) is 121 Å². The van der Waals surface area contributed by atoms with Crippen LogP contribution in [0.5, 0.6) is 5.75 Å². The Labute approximate surface area is 474 Å². The minimum absolute atomic E-state index is 0.0915. The molecule has 5 fully saturated rings. The first-order chi connectivity index (χ1) is 38.7. The Bertz CT molecular complexity index is 3040. The molecule has 8 heterocycles. The number of rotatable bonds is 18. The van der Waals surface area contributed by atoms with Crippen LogP contribution in [-0.4, -0.2) is 150 Å². The van der Waals surface area contributed by atoms with Gasteiger partial charge in [0.2, 0.25) is 11.8 Å². The summed E-state index contributed by atoms with van der Waals surface area (Å²) < 4.78 is 14.7. The first kappa shape index (κ1) is 55.6. The number of likely N-dealkylation sites (tertiary alicyclic amines) is 3. The van der Waals surface area contributed by atoms with E-state index in [1.807, 2.05) is 87.9 Å². The second-order valence-electron chi connectivity index (χ2n) is 24.0. The number of nitrogen functional groups attached to an aromatic ring is 1. The number of nitrogens with two attached hydrogens (primary N) is 1. The summed E-state index contributed by atoms with van der Waals surface area (Å²) in [5.41, 5.74) is 14.0. The van der Waals surface area contributed by atoms with Gasteiger partial charge in [-0.05, 0) is 138 Å². The molecule has 1 saturated carbocycles. The molecular formula is C61H80N12O6S. The maximum atomic E-state index is 14.4. The predicted molar refractivity (Wildman–Crippen MR) is 310 cm³/mol. The van der Waals surface area contributed by atoms with Crippen LogP contribution in [0.3, 0.4) is 0 Å². The zero-order valence-electron chi connectivity index (χ0n) is 47.1. The summed E-state index contributed by atoms with van der Waals surface area (Å²) in [4.78, 5) is 42.8. The second-order valence-corrected chi connectivity index (χ2v) is 24.8. The Morgan fingerprint density at radius 3 is 2.25 bits per heavy atom. The lowest BCUT2D eigenvalue weighted by molar-refractivity contribution is -0.141. The lowest BCUT2D eigenvalue weighted by Gasteiger charge is -2.43. The molecule has 426 valence electrons. The lowest BCUT2D eigenvalue weighted by Crippen LogP contribution is -2.48. The molecular weight excluding hydrogens is 1030 g/mol. The number of aliphatic hydroxyl groups is 1. The number of thiazole rings is 1. The van der Waals surface area contributed by atoms with Crippen molar-refractivity contribution < 1.29 is 29.1 Å². The number of aryl methyl sites for hydroxylation is 1. The molecule has 1 unspecified atom stereocenters. The molecule has 5 N–H and O–H groups in total. The molecule has 2 amide bonds. The Balaban J connectivity index is 0.576. The van der Waals surface area contributed by atoms with Crippen molar-refractivity contribution in [2.24, 2.45) is 23.7 Å². The van der Waals surface area contributed by atoms with Gasteiger partial charge in [-0.1, -0.05) is 55.4 Å². The van der Waals surface area contributed by atoms with Crippen molar-refractivity contribution in [1.82, 2.24) is 50.1 Å². The summed E-state index contributed by atoms with van der Waals surface area (Å²) in [6, 6.07) is 18.2. The lowest BCUT2D eigenvalue weighted by atomic mass is 9.80. The van der Waals surface area contributed by atoms with Gasteiger partial charge >= 0.3 is 0 Å². The first-order valence-corrected chi connectivity index (χ1v) is 30.2. The van der Waals surface area contributed by atoms with Crippen molar-refractivity contribution in [1.29, 1.82) is 0 Å². The predicted octanol–water partition coefficient (Wildman–Crippen LogP) is 8.74. The summed E-state index contributed by atoms with van der Waals surface area (Å²) in [6.07, 6.45) is 13.0. The van der Waals surface area contributed by atoms with Crippen molar-refractivity contribution in [3.63, 3.8) is 0 Å².